The molecule has 7 nitrogen and oxygen atoms in total. The molecule has 2 aromatic rings. The Morgan fingerprint density at radius 3 is 2.44 bits per heavy atom. The number of sulfonamides is 1. The van der Waals surface area contributed by atoms with Gasteiger partial charge in [0.1, 0.15) is 5.84 Å². The lowest BCUT2D eigenvalue weighted by Crippen LogP contribution is -2.35. The van der Waals surface area contributed by atoms with E-state index in [9.17, 15) is 13.2 Å². The highest BCUT2D eigenvalue weighted by Gasteiger charge is 2.28. The van der Waals surface area contributed by atoms with Crippen molar-refractivity contribution < 1.29 is 13.2 Å². The zero-order valence-corrected chi connectivity index (χ0v) is 20.9. The van der Waals surface area contributed by atoms with Crippen molar-refractivity contribution >= 4 is 45.5 Å². The van der Waals surface area contributed by atoms with E-state index in [4.69, 9.17) is 11.1 Å². The second-order valence-corrected chi connectivity index (χ2v) is 11.0. The van der Waals surface area contributed by atoms with Gasteiger partial charge in [-0.25, -0.2) is 8.42 Å². The van der Waals surface area contributed by atoms with Crippen molar-refractivity contribution in [1.82, 2.24) is 0 Å². The van der Waals surface area contributed by atoms with Crippen LogP contribution in [-0.2, 0) is 27.7 Å². The summed E-state index contributed by atoms with van der Waals surface area (Å²) >= 11 is 0. The Hall–Kier alpha value is -2.58. The lowest BCUT2D eigenvalue weighted by Gasteiger charge is -2.30. The van der Waals surface area contributed by atoms with E-state index in [0.29, 0.717) is 30.6 Å². The molecule has 1 heterocycles. The fraction of sp³-hybridized carbons (Fsp3) is 0.440. The van der Waals surface area contributed by atoms with Crippen LogP contribution >= 0.6 is 12.4 Å². The standard InChI is InChI=1S/C25H32N4O3S.ClH/c26-25(27)19-11-8-18(9-12-19)10-15-24(30)29-16-4-5-20-17-21(13-14-23(20)29)28-33(31,32)22-6-2-1-3-7-22;/h8-9,11-14,17,22,28H,1-7,10,15-16H2,(H3,26,27);1H. The Morgan fingerprint density at radius 2 is 1.76 bits per heavy atom. The number of nitrogens with one attached hydrogen (secondary N) is 2. The minimum absolute atomic E-state index is 0. The lowest BCUT2D eigenvalue weighted by atomic mass is 10.00. The van der Waals surface area contributed by atoms with Crippen LogP contribution in [0.5, 0.6) is 0 Å². The number of carbonyl (C=O) groups is 1. The Morgan fingerprint density at radius 1 is 1.06 bits per heavy atom. The van der Waals surface area contributed by atoms with Gasteiger partial charge in [0.2, 0.25) is 15.9 Å². The van der Waals surface area contributed by atoms with Crippen molar-refractivity contribution in [1.29, 1.82) is 5.41 Å². The third-order valence-electron chi connectivity index (χ3n) is 6.64. The molecule has 1 aliphatic heterocycles. The van der Waals surface area contributed by atoms with E-state index < -0.39 is 10.0 Å². The van der Waals surface area contributed by atoms with Crippen molar-refractivity contribution in [3.8, 4) is 0 Å². The molecule has 0 saturated heterocycles. The molecule has 184 valence electrons. The predicted octanol–water partition coefficient (Wildman–Crippen LogP) is 4.38. The third-order valence-corrected chi connectivity index (χ3v) is 8.51. The summed E-state index contributed by atoms with van der Waals surface area (Å²) in [6.07, 6.45) is 7.16. The largest absolute Gasteiger partial charge is 0.384 e. The molecule has 0 atom stereocenters. The number of anilines is 2. The molecule has 0 radical (unpaired) electrons. The molecule has 2 aliphatic rings. The highest BCUT2D eigenvalue weighted by Crippen LogP contribution is 2.32. The summed E-state index contributed by atoms with van der Waals surface area (Å²) in [7, 11) is -3.39. The van der Waals surface area contributed by atoms with E-state index in [1.807, 2.05) is 29.2 Å². The van der Waals surface area contributed by atoms with Gasteiger partial charge in [0.05, 0.1) is 5.25 Å². The number of benzene rings is 2. The Labute approximate surface area is 208 Å². The quantitative estimate of drug-likeness (QED) is 0.383. The lowest BCUT2D eigenvalue weighted by molar-refractivity contribution is -0.118. The molecular weight excluding hydrogens is 472 g/mol. The predicted molar refractivity (Wildman–Crippen MR) is 140 cm³/mol. The molecule has 0 bridgehead atoms. The molecule has 0 aromatic heterocycles. The van der Waals surface area contributed by atoms with Crippen LogP contribution in [0.4, 0.5) is 11.4 Å². The topological polar surface area (TPSA) is 116 Å². The van der Waals surface area contributed by atoms with Crippen LogP contribution in [0.25, 0.3) is 0 Å². The number of aryl methyl sites for hydroxylation is 2. The summed E-state index contributed by atoms with van der Waals surface area (Å²) in [6.45, 7) is 0.669. The zero-order chi connectivity index (χ0) is 23.4. The van der Waals surface area contributed by atoms with E-state index in [1.54, 1.807) is 18.2 Å². The second-order valence-electron chi connectivity index (χ2n) is 9.01. The number of fused-ring (bicyclic) bond motifs is 1. The maximum atomic E-state index is 13.0. The van der Waals surface area contributed by atoms with Crippen LogP contribution in [0.3, 0.4) is 0 Å². The highest BCUT2D eigenvalue weighted by atomic mass is 35.5. The minimum atomic E-state index is -3.39. The Kier molecular flexibility index (Phi) is 8.60. The zero-order valence-electron chi connectivity index (χ0n) is 19.3. The summed E-state index contributed by atoms with van der Waals surface area (Å²) in [6, 6.07) is 12.9. The number of nitrogens with two attached hydrogens (primary N) is 1. The van der Waals surface area contributed by atoms with Gasteiger partial charge in [-0.15, -0.1) is 12.4 Å². The molecule has 4 N–H and O–H groups in total. The van der Waals surface area contributed by atoms with E-state index in [2.05, 4.69) is 4.72 Å². The monoisotopic (exact) mass is 504 g/mol. The molecule has 34 heavy (non-hydrogen) atoms. The summed E-state index contributed by atoms with van der Waals surface area (Å²) < 4.78 is 28.3. The van der Waals surface area contributed by atoms with Gasteiger partial charge in [0.15, 0.2) is 0 Å². The number of amides is 1. The fourth-order valence-corrected chi connectivity index (χ4v) is 6.36. The fourth-order valence-electron chi connectivity index (χ4n) is 4.78. The van der Waals surface area contributed by atoms with Crippen LogP contribution in [0.15, 0.2) is 42.5 Å². The van der Waals surface area contributed by atoms with Gasteiger partial charge in [0, 0.05) is 29.9 Å². The molecule has 2 aromatic carbocycles. The molecule has 4 rings (SSSR count). The summed E-state index contributed by atoms with van der Waals surface area (Å²) in [5, 5.41) is 7.16. The average Bonchev–Trinajstić information content (AvgIpc) is 2.82. The molecule has 1 fully saturated rings. The molecule has 1 aliphatic carbocycles. The van der Waals surface area contributed by atoms with Gasteiger partial charge in [0.25, 0.3) is 0 Å². The first-order valence-electron chi connectivity index (χ1n) is 11.7. The van der Waals surface area contributed by atoms with Crippen LogP contribution in [0.2, 0.25) is 0 Å². The first kappa shape index (κ1) is 26.0. The maximum absolute atomic E-state index is 13.0. The highest BCUT2D eigenvalue weighted by molar-refractivity contribution is 7.93. The van der Waals surface area contributed by atoms with E-state index in [1.165, 1.54) is 0 Å². The first-order valence-corrected chi connectivity index (χ1v) is 13.3. The number of nitrogen functional groups attached to an aromatic ring is 1. The molecule has 0 spiro atoms. The molecule has 1 amide bonds. The van der Waals surface area contributed by atoms with Crippen molar-refractivity contribution in [2.75, 3.05) is 16.2 Å². The van der Waals surface area contributed by atoms with Gasteiger partial charge in [-0.1, -0.05) is 43.5 Å². The van der Waals surface area contributed by atoms with Crippen molar-refractivity contribution in [3.63, 3.8) is 0 Å². The summed E-state index contributed by atoms with van der Waals surface area (Å²) in [5.41, 5.74) is 9.65. The number of hydrogen-bond donors (Lipinski definition) is 3. The molecule has 0 unspecified atom stereocenters. The van der Waals surface area contributed by atoms with Gasteiger partial charge in [-0.3, -0.25) is 14.9 Å². The van der Waals surface area contributed by atoms with Gasteiger partial charge in [-0.2, -0.15) is 0 Å². The number of rotatable bonds is 7. The summed E-state index contributed by atoms with van der Waals surface area (Å²) in [5.74, 6) is 0.0880. The van der Waals surface area contributed by atoms with E-state index in [-0.39, 0.29) is 29.4 Å². The number of halogens is 1. The van der Waals surface area contributed by atoms with E-state index in [0.717, 1.165) is 61.8 Å². The van der Waals surface area contributed by atoms with Gasteiger partial charge < -0.3 is 10.6 Å². The SMILES string of the molecule is Cl.N=C(N)c1ccc(CCC(=O)N2CCCc3cc(NS(=O)(=O)C4CCCCC4)ccc32)cc1. The van der Waals surface area contributed by atoms with Crippen LogP contribution in [-0.4, -0.2) is 32.0 Å². The van der Waals surface area contributed by atoms with Crippen molar-refractivity contribution in [2.45, 2.75) is 63.0 Å². The summed E-state index contributed by atoms with van der Waals surface area (Å²) in [4.78, 5) is 14.8. The third kappa shape index (κ3) is 6.10. The van der Waals surface area contributed by atoms with Gasteiger partial charge >= 0.3 is 0 Å². The number of hydrogen-bond acceptors (Lipinski definition) is 4. The smallest absolute Gasteiger partial charge is 0.235 e. The minimum Gasteiger partial charge on any atom is -0.384 e. The number of carbonyl (C=O) groups excluding carboxylic acids is 1. The normalized spacial score (nSPS) is 16.3. The van der Waals surface area contributed by atoms with Crippen molar-refractivity contribution in [3.05, 3.63) is 59.2 Å². The van der Waals surface area contributed by atoms with Crippen LogP contribution < -0.4 is 15.4 Å². The molecule has 9 heteroatoms. The second kappa shape index (κ2) is 11.2. The maximum Gasteiger partial charge on any atom is 0.235 e. The van der Waals surface area contributed by atoms with E-state index >= 15 is 0 Å². The van der Waals surface area contributed by atoms with Gasteiger partial charge in [-0.05, 0) is 61.4 Å². The Balaban J connectivity index is 0.00000324. The average molecular weight is 505 g/mol. The van der Waals surface area contributed by atoms with Crippen LogP contribution in [0.1, 0.15) is 61.6 Å². The Bertz CT molecular complexity index is 1130. The molecular formula is C25H33ClN4O3S. The molecule has 1 saturated carbocycles. The van der Waals surface area contributed by atoms with Crippen LogP contribution in [0, 0.1) is 5.41 Å². The first-order chi connectivity index (χ1) is 15.8. The van der Waals surface area contributed by atoms with Crippen molar-refractivity contribution in [2.24, 2.45) is 5.73 Å². The number of nitrogens with zero attached hydrogens (tertiary/aromatic N) is 1. The number of amidine groups is 1.